The molecule has 1 heterocycles. The second-order valence-electron chi connectivity index (χ2n) is 2.34. The molecule has 0 saturated heterocycles. The first-order valence-corrected chi connectivity index (χ1v) is 4.60. The molecule has 1 aromatic rings. The van der Waals surface area contributed by atoms with E-state index in [-0.39, 0.29) is 16.5 Å². The molecule has 1 rings (SSSR count). The van der Waals surface area contributed by atoms with E-state index in [0.29, 0.717) is 0 Å². The molecular formula is C7H7N3O3S. The lowest BCUT2D eigenvalue weighted by Crippen LogP contribution is -2.13. The molecular weight excluding hydrogens is 206 g/mol. The Morgan fingerprint density at radius 3 is 3.00 bits per heavy atom. The maximum atomic E-state index is 10.5. The summed E-state index contributed by atoms with van der Waals surface area (Å²) in [5, 5.41) is 10.7. The van der Waals surface area contributed by atoms with E-state index in [1.165, 1.54) is 18.3 Å². The number of carbonyl (C=O) groups is 1. The SMILES string of the molecule is NC(=O)CSc1ncccc1[N+](=O)[O-]. The predicted molar refractivity (Wildman–Crippen MR) is 50.8 cm³/mol. The highest BCUT2D eigenvalue weighted by molar-refractivity contribution is 8.00. The summed E-state index contributed by atoms with van der Waals surface area (Å²) in [6.07, 6.45) is 1.43. The molecule has 1 amide bonds. The summed E-state index contributed by atoms with van der Waals surface area (Å²) < 4.78 is 0. The second-order valence-corrected chi connectivity index (χ2v) is 3.30. The van der Waals surface area contributed by atoms with Crippen LogP contribution in [-0.2, 0) is 4.79 Å². The van der Waals surface area contributed by atoms with Gasteiger partial charge in [0.2, 0.25) is 5.91 Å². The van der Waals surface area contributed by atoms with Gasteiger partial charge >= 0.3 is 5.69 Å². The number of aromatic nitrogens is 1. The number of nitrogens with zero attached hydrogens (tertiary/aromatic N) is 2. The summed E-state index contributed by atoms with van der Waals surface area (Å²) in [5.41, 5.74) is 4.80. The van der Waals surface area contributed by atoms with Gasteiger partial charge in [-0.05, 0) is 6.07 Å². The molecule has 0 atom stereocenters. The van der Waals surface area contributed by atoms with Crippen LogP contribution < -0.4 is 5.73 Å². The highest BCUT2D eigenvalue weighted by atomic mass is 32.2. The lowest BCUT2D eigenvalue weighted by atomic mass is 10.4. The molecule has 0 saturated carbocycles. The fourth-order valence-electron chi connectivity index (χ4n) is 0.772. The zero-order valence-electron chi connectivity index (χ0n) is 7.04. The lowest BCUT2D eigenvalue weighted by molar-refractivity contribution is -0.388. The quantitative estimate of drug-likeness (QED) is 0.447. The Balaban J connectivity index is 2.84. The van der Waals surface area contributed by atoms with Crippen LogP contribution in [0.3, 0.4) is 0 Å². The number of amides is 1. The monoisotopic (exact) mass is 213 g/mol. The zero-order chi connectivity index (χ0) is 10.6. The Morgan fingerprint density at radius 1 is 1.71 bits per heavy atom. The van der Waals surface area contributed by atoms with Crippen molar-refractivity contribution in [2.24, 2.45) is 5.73 Å². The minimum Gasteiger partial charge on any atom is -0.369 e. The number of primary amides is 1. The third-order valence-corrected chi connectivity index (χ3v) is 2.32. The van der Waals surface area contributed by atoms with Crippen molar-refractivity contribution < 1.29 is 9.72 Å². The van der Waals surface area contributed by atoms with Gasteiger partial charge in [0, 0.05) is 12.3 Å². The third kappa shape index (κ3) is 2.70. The number of hydrogen-bond donors (Lipinski definition) is 1. The third-order valence-electron chi connectivity index (χ3n) is 1.30. The maximum Gasteiger partial charge on any atom is 0.301 e. The van der Waals surface area contributed by atoms with Gasteiger partial charge in [0.25, 0.3) is 0 Å². The molecule has 7 heteroatoms. The Labute approximate surface area is 83.7 Å². The summed E-state index contributed by atoms with van der Waals surface area (Å²) in [4.78, 5) is 24.2. The number of pyridine rings is 1. The van der Waals surface area contributed by atoms with E-state index in [4.69, 9.17) is 5.73 Å². The van der Waals surface area contributed by atoms with Crippen molar-refractivity contribution in [2.45, 2.75) is 5.03 Å². The average Bonchev–Trinajstić information content (AvgIpc) is 2.15. The van der Waals surface area contributed by atoms with Gasteiger partial charge in [-0.25, -0.2) is 4.98 Å². The van der Waals surface area contributed by atoms with Gasteiger partial charge < -0.3 is 5.73 Å². The second kappa shape index (κ2) is 4.56. The van der Waals surface area contributed by atoms with Crippen molar-refractivity contribution in [1.29, 1.82) is 0 Å². The van der Waals surface area contributed by atoms with Gasteiger partial charge in [0.15, 0.2) is 5.03 Å². The topological polar surface area (TPSA) is 99.1 Å². The van der Waals surface area contributed by atoms with E-state index in [2.05, 4.69) is 4.98 Å². The molecule has 14 heavy (non-hydrogen) atoms. The smallest absolute Gasteiger partial charge is 0.301 e. The Kier molecular flexibility index (Phi) is 3.41. The first-order valence-electron chi connectivity index (χ1n) is 3.62. The van der Waals surface area contributed by atoms with Crippen LogP contribution in [0.5, 0.6) is 0 Å². The Hall–Kier alpha value is -1.63. The van der Waals surface area contributed by atoms with Crippen molar-refractivity contribution in [1.82, 2.24) is 4.98 Å². The van der Waals surface area contributed by atoms with Crippen LogP contribution in [0.1, 0.15) is 0 Å². The minimum atomic E-state index is -0.545. The number of nitrogens with two attached hydrogens (primary N) is 1. The summed E-state index contributed by atoms with van der Waals surface area (Å²) in [6, 6.07) is 2.79. The number of carbonyl (C=O) groups excluding carboxylic acids is 1. The van der Waals surface area contributed by atoms with E-state index < -0.39 is 10.8 Å². The molecule has 0 spiro atoms. The van der Waals surface area contributed by atoms with Crippen LogP contribution in [0.2, 0.25) is 0 Å². The predicted octanol–water partition coefficient (Wildman–Crippen LogP) is 0.567. The summed E-state index contributed by atoms with van der Waals surface area (Å²) in [5.74, 6) is -0.548. The van der Waals surface area contributed by atoms with E-state index in [1.807, 2.05) is 0 Å². The van der Waals surface area contributed by atoms with Crippen molar-refractivity contribution in [3.8, 4) is 0 Å². The van der Waals surface area contributed by atoms with Gasteiger partial charge in [-0.3, -0.25) is 14.9 Å². The van der Waals surface area contributed by atoms with Gasteiger partial charge in [-0.1, -0.05) is 11.8 Å². The number of nitro groups is 1. The first-order chi connectivity index (χ1) is 6.61. The summed E-state index contributed by atoms with van der Waals surface area (Å²) >= 11 is 0.956. The number of rotatable bonds is 4. The maximum absolute atomic E-state index is 10.5. The summed E-state index contributed by atoms with van der Waals surface area (Å²) in [7, 11) is 0. The molecule has 2 N–H and O–H groups in total. The van der Waals surface area contributed by atoms with Crippen LogP contribution in [0.25, 0.3) is 0 Å². The first kappa shape index (κ1) is 10.5. The van der Waals surface area contributed by atoms with Gasteiger partial charge in [-0.2, -0.15) is 0 Å². The fraction of sp³-hybridized carbons (Fsp3) is 0.143. The van der Waals surface area contributed by atoms with Crippen molar-refractivity contribution in [2.75, 3.05) is 5.75 Å². The lowest BCUT2D eigenvalue weighted by Gasteiger charge is -1.98. The van der Waals surface area contributed by atoms with Crippen LogP contribution >= 0.6 is 11.8 Å². The van der Waals surface area contributed by atoms with E-state index in [0.717, 1.165) is 11.8 Å². The van der Waals surface area contributed by atoms with E-state index >= 15 is 0 Å². The fourth-order valence-corrected chi connectivity index (χ4v) is 1.48. The van der Waals surface area contributed by atoms with Crippen molar-refractivity contribution >= 4 is 23.4 Å². The largest absolute Gasteiger partial charge is 0.369 e. The molecule has 0 aliphatic rings. The molecule has 1 aromatic heterocycles. The Morgan fingerprint density at radius 2 is 2.43 bits per heavy atom. The zero-order valence-corrected chi connectivity index (χ0v) is 7.86. The molecule has 0 aromatic carbocycles. The van der Waals surface area contributed by atoms with Crippen molar-refractivity contribution in [3.05, 3.63) is 28.4 Å². The highest BCUT2D eigenvalue weighted by Gasteiger charge is 2.14. The minimum absolute atomic E-state index is 0.0160. The van der Waals surface area contributed by atoms with Crippen molar-refractivity contribution in [3.63, 3.8) is 0 Å². The molecule has 6 nitrogen and oxygen atoms in total. The van der Waals surface area contributed by atoms with Crippen LogP contribution in [0, 0.1) is 10.1 Å². The van der Waals surface area contributed by atoms with Gasteiger partial charge in [0.1, 0.15) is 0 Å². The van der Waals surface area contributed by atoms with Crippen LogP contribution in [0.15, 0.2) is 23.4 Å². The number of hydrogen-bond acceptors (Lipinski definition) is 5. The molecule has 0 aliphatic heterocycles. The molecule has 0 radical (unpaired) electrons. The van der Waals surface area contributed by atoms with Gasteiger partial charge in [-0.15, -0.1) is 0 Å². The van der Waals surface area contributed by atoms with Crippen LogP contribution in [0.4, 0.5) is 5.69 Å². The van der Waals surface area contributed by atoms with E-state index in [1.54, 1.807) is 0 Å². The Bertz CT molecular complexity index is 369. The number of thioether (sulfide) groups is 1. The summed E-state index contributed by atoms with van der Waals surface area (Å²) in [6.45, 7) is 0. The molecule has 74 valence electrons. The molecule has 0 unspecified atom stereocenters. The van der Waals surface area contributed by atoms with Crippen LogP contribution in [-0.4, -0.2) is 21.6 Å². The molecule has 0 fully saturated rings. The highest BCUT2D eigenvalue weighted by Crippen LogP contribution is 2.25. The normalized spacial score (nSPS) is 9.71. The van der Waals surface area contributed by atoms with Gasteiger partial charge in [0.05, 0.1) is 10.7 Å². The standard InChI is InChI=1S/C7H7N3O3S/c8-6(11)4-14-7-5(10(12)13)2-1-3-9-7/h1-3H,4H2,(H2,8,11). The molecule has 0 aliphatic carbocycles. The molecule has 0 bridgehead atoms. The average molecular weight is 213 g/mol. The van der Waals surface area contributed by atoms with E-state index in [9.17, 15) is 14.9 Å².